The maximum absolute atomic E-state index is 12.4. The van der Waals surface area contributed by atoms with Crippen LogP contribution < -0.4 is 10.6 Å². The van der Waals surface area contributed by atoms with Gasteiger partial charge in [-0.3, -0.25) is 4.79 Å². The lowest BCUT2D eigenvalue weighted by molar-refractivity contribution is 0.102. The van der Waals surface area contributed by atoms with E-state index >= 15 is 0 Å². The minimum absolute atomic E-state index is 0.210. The summed E-state index contributed by atoms with van der Waals surface area (Å²) in [6.45, 7) is 2.85. The second-order valence-corrected chi connectivity index (χ2v) is 6.55. The minimum Gasteiger partial charge on any atom is -0.322 e. The van der Waals surface area contributed by atoms with E-state index in [0.29, 0.717) is 17.1 Å². The Morgan fingerprint density at radius 3 is 2.46 bits per heavy atom. The Kier molecular flexibility index (Phi) is 6.05. The summed E-state index contributed by atoms with van der Waals surface area (Å²) in [7, 11) is 0. The molecule has 3 aromatic carbocycles. The fraction of sp³-hybridized carbons (Fsp3) is 0.136. The Hall–Kier alpha value is -2.62. The molecule has 0 saturated heterocycles. The zero-order chi connectivity index (χ0) is 18.4. The molecule has 0 aliphatic carbocycles. The second kappa shape index (κ2) is 8.65. The summed E-state index contributed by atoms with van der Waals surface area (Å²) >= 11 is 6.09. The average Bonchev–Trinajstić information content (AvgIpc) is 2.67. The molecule has 3 rings (SSSR count). The number of hydrogen-bond acceptors (Lipinski definition) is 2. The number of nitrogens with one attached hydrogen (secondary N) is 2. The highest BCUT2D eigenvalue weighted by atomic mass is 35.5. The molecule has 3 nitrogen and oxygen atoms in total. The number of amides is 1. The standard InChI is InChI=1S/C22H21ClN2O/c1-16(18-9-3-2-4-10-18)24-15-17-8-7-11-19(14-17)25-22(26)20-12-5-6-13-21(20)23/h2-14,16,24H,15H2,1H3,(H,25,26). The van der Waals surface area contributed by atoms with Gasteiger partial charge in [0, 0.05) is 18.3 Å². The number of halogens is 1. The second-order valence-electron chi connectivity index (χ2n) is 6.15. The van der Waals surface area contributed by atoms with Crippen molar-refractivity contribution in [2.75, 3.05) is 5.32 Å². The van der Waals surface area contributed by atoms with E-state index in [1.165, 1.54) is 5.56 Å². The predicted molar refractivity (Wildman–Crippen MR) is 108 cm³/mol. The molecule has 0 heterocycles. The summed E-state index contributed by atoms with van der Waals surface area (Å²) in [6, 6.07) is 25.4. The molecule has 132 valence electrons. The summed E-state index contributed by atoms with van der Waals surface area (Å²) in [5, 5.41) is 6.85. The molecular formula is C22H21ClN2O. The van der Waals surface area contributed by atoms with Crippen molar-refractivity contribution in [2.45, 2.75) is 19.5 Å². The molecule has 0 bridgehead atoms. The van der Waals surface area contributed by atoms with Gasteiger partial charge in [0.05, 0.1) is 10.6 Å². The van der Waals surface area contributed by atoms with Crippen molar-refractivity contribution in [1.82, 2.24) is 5.32 Å². The van der Waals surface area contributed by atoms with Crippen molar-refractivity contribution in [3.8, 4) is 0 Å². The van der Waals surface area contributed by atoms with E-state index in [4.69, 9.17) is 11.6 Å². The molecule has 1 atom stereocenters. The van der Waals surface area contributed by atoms with Gasteiger partial charge in [-0.2, -0.15) is 0 Å². The number of carbonyl (C=O) groups is 1. The molecule has 26 heavy (non-hydrogen) atoms. The molecule has 2 N–H and O–H groups in total. The normalized spacial score (nSPS) is 11.8. The molecule has 1 amide bonds. The maximum atomic E-state index is 12.4. The third-order valence-electron chi connectivity index (χ3n) is 4.22. The van der Waals surface area contributed by atoms with Crippen molar-refractivity contribution in [2.24, 2.45) is 0 Å². The van der Waals surface area contributed by atoms with Crippen LogP contribution in [-0.4, -0.2) is 5.91 Å². The molecule has 0 saturated carbocycles. The van der Waals surface area contributed by atoms with Crippen LogP contribution in [0.4, 0.5) is 5.69 Å². The summed E-state index contributed by atoms with van der Waals surface area (Å²) in [6.07, 6.45) is 0. The van der Waals surface area contributed by atoms with E-state index in [1.807, 2.05) is 42.5 Å². The Balaban J connectivity index is 1.63. The quantitative estimate of drug-likeness (QED) is 0.611. The van der Waals surface area contributed by atoms with Crippen molar-refractivity contribution in [1.29, 1.82) is 0 Å². The van der Waals surface area contributed by atoms with E-state index < -0.39 is 0 Å². The molecular weight excluding hydrogens is 344 g/mol. The molecule has 0 aliphatic rings. The summed E-state index contributed by atoms with van der Waals surface area (Å²) in [5.74, 6) is -0.210. The van der Waals surface area contributed by atoms with Crippen LogP contribution >= 0.6 is 11.6 Å². The van der Waals surface area contributed by atoms with E-state index in [9.17, 15) is 4.79 Å². The van der Waals surface area contributed by atoms with Gasteiger partial charge in [-0.05, 0) is 42.3 Å². The van der Waals surface area contributed by atoms with Crippen LogP contribution in [0.25, 0.3) is 0 Å². The van der Waals surface area contributed by atoms with E-state index in [0.717, 1.165) is 11.3 Å². The third-order valence-corrected chi connectivity index (χ3v) is 4.54. The topological polar surface area (TPSA) is 41.1 Å². The van der Waals surface area contributed by atoms with Gasteiger partial charge in [0.25, 0.3) is 5.91 Å². The van der Waals surface area contributed by atoms with E-state index in [-0.39, 0.29) is 11.9 Å². The van der Waals surface area contributed by atoms with Crippen LogP contribution in [0.2, 0.25) is 5.02 Å². The monoisotopic (exact) mass is 364 g/mol. The van der Waals surface area contributed by atoms with Gasteiger partial charge in [0.2, 0.25) is 0 Å². The van der Waals surface area contributed by atoms with E-state index in [1.54, 1.807) is 24.3 Å². The average molecular weight is 365 g/mol. The molecule has 0 aromatic heterocycles. The zero-order valence-corrected chi connectivity index (χ0v) is 15.3. The largest absolute Gasteiger partial charge is 0.322 e. The van der Waals surface area contributed by atoms with Gasteiger partial charge in [0.15, 0.2) is 0 Å². The molecule has 3 aromatic rings. The first kappa shape index (κ1) is 18.2. The Morgan fingerprint density at radius 2 is 1.69 bits per heavy atom. The fourth-order valence-electron chi connectivity index (χ4n) is 2.73. The van der Waals surface area contributed by atoms with Crippen LogP contribution in [0.3, 0.4) is 0 Å². The van der Waals surface area contributed by atoms with Gasteiger partial charge in [0.1, 0.15) is 0 Å². The Labute approximate surface area is 159 Å². The molecule has 0 aliphatic heterocycles. The fourth-order valence-corrected chi connectivity index (χ4v) is 2.95. The van der Waals surface area contributed by atoms with Gasteiger partial charge >= 0.3 is 0 Å². The summed E-state index contributed by atoms with van der Waals surface area (Å²) in [5.41, 5.74) is 3.57. The number of carbonyl (C=O) groups excluding carboxylic acids is 1. The summed E-state index contributed by atoms with van der Waals surface area (Å²) in [4.78, 5) is 12.4. The van der Waals surface area contributed by atoms with Crippen LogP contribution in [0.5, 0.6) is 0 Å². The van der Waals surface area contributed by atoms with Crippen molar-refractivity contribution in [3.63, 3.8) is 0 Å². The maximum Gasteiger partial charge on any atom is 0.257 e. The molecule has 0 radical (unpaired) electrons. The minimum atomic E-state index is -0.210. The Bertz CT molecular complexity index is 880. The first-order valence-electron chi connectivity index (χ1n) is 8.56. The van der Waals surface area contributed by atoms with Crippen molar-refractivity contribution >= 4 is 23.2 Å². The highest BCUT2D eigenvalue weighted by Crippen LogP contribution is 2.18. The Morgan fingerprint density at radius 1 is 0.962 bits per heavy atom. The SMILES string of the molecule is CC(NCc1cccc(NC(=O)c2ccccc2Cl)c1)c1ccccc1. The third kappa shape index (κ3) is 4.72. The van der Waals surface area contributed by atoms with Crippen molar-refractivity contribution in [3.05, 3.63) is 101 Å². The molecule has 0 fully saturated rings. The van der Waals surface area contributed by atoms with Crippen LogP contribution in [0.1, 0.15) is 34.5 Å². The van der Waals surface area contributed by atoms with Gasteiger partial charge in [-0.15, -0.1) is 0 Å². The van der Waals surface area contributed by atoms with Crippen LogP contribution in [-0.2, 0) is 6.54 Å². The first-order chi connectivity index (χ1) is 12.6. The number of benzene rings is 3. The predicted octanol–water partition coefficient (Wildman–Crippen LogP) is 5.44. The van der Waals surface area contributed by atoms with Crippen LogP contribution in [0.15, 0.2) is 78.9 Å². The van der Waals surface area contributed by atoms with Gasteiger partial charge in [-0.1, -0.05) is 66.2 Å². The van der Waals surface area contributed by atoms with Gasteiger partial charge in [-0.25, -0.2) is 0 Å². The number of rotatable bonds is 6. The highest BCUT2D eigenvalue weighted by Gasteiger charge is 2.10. The first-order valence-corrected chi connectivity index (χ1v) is 8.94. The number of hydrogen-bond donors (Lipinski definition) is 2. The highest BCUT2D eigenvalue weighted by molar-refractivity contribution is 6.34. The zero-order valence-electron chi connectivity index (χ0n) is 14.6. The van der Waals surface area contributed by atoms with Gasteiger partial charge < -0.3 is 10.6 Å². The lowest BCUT2D eigenvalue weighted by Crippen LogP contribution is -2.18. The lowest BCUT2D eigenvalue weighted by Gasteiger charge is -2.15. The number of anilines is 1. The summed E-state index contributed by atoms with van der Waals surface area (Å²) < 4.78 is 0. The van der Waals surface area contributed by atoms with E-state index in [2.05, 4.69) is 29.7 Å². The van der Waals surface area contributed by atoms with Crippen molar-refractivity contribution < 1.29 is 4.79 Å². The lowest BCUT2D eigenvalue weighted by atomic mass is 10.1. The molecule has 0 spiro atoms. The van der Waals surface area contributed by atoms with Crippen LogP contribution in [0, 0.1) is 0 Å². The molecule has 4 heteroatoms. The molecule has 1 unspecified atom stereocenters. The smallest absolute Gasteiger partial charge is 0.257 e.